The van der Waals surface area contributed by atoms with E-state index in [0.29, 0.717) is 30.7 Å². The maximum atomic E-state index is 12.8. The largest absolute Gasteiger partial charge is 0.434 e. The third-order valence-electron chi connectivity index (χ3n) is 6.92. The minimum Gasteiger partial charge on any atom is -0.351 e. The first-order valence-electron chi connectivity index (χ1n) is 13.2. The molecule has 198 valence electrons. The number of nitrogens with one attached hydrogen (secondary N) is 1. The SMILES string of the molecule is CCCCCC=CCC=CCC=CCC=CCCCC(=O)NC12CC(c3nc(C(F)(F)F)cs3)(C1)C2. The van der Waals surface area contributed by atoms with Gasteiger partial charge in [-0.05, 0) is 64.2 Å². The number of aromatic nitrogens is 1. The summed E-state index contributed by atoms with van der Waals surface area (Å²) in [6, 6.07) is 0. The summed E-state index contributed by atoms with van der Waals surface area (Å²) in [5, 5.41) is 4.77. The molecule has 0 spiro atoms. The highest BCUT2D eigenvalue weighted by Gasteiger charge is 2.70. The topological polar surface area (TPSA) is 42.0 Å². The molecule has 0 unspecified atom stereocenters. The molecule has 36 heavy (non-hydrogen) atoms. The van der Waals surface area contributed by atoms with Gasteiger partial charge < -0.3 is 5.32 Å². The highest BCUT2D eigenvalue weighted by atomic mass is 32.1. The number of nitrogens with zero attached hydrogens (tertiary/aromatic N) is 1. The van der Waals surface area contributed by atoms with Crippen molar-refractivity contribution < 1.29 is 18.0 Å². The van der Waals surface area contributed by atoms with Crippen LogP contribution in [0, 0.1) is 0 Å². The van der Waals surface area contributed by atoms with Gasteiger partial charge in [0.2, 0.25) is 5.91 Å². The summed E-state index contributed by atoms with van der Waals surface area (Å²) < 4.78 is 38.4. The van der Waals surface area contributed by atoms with E-state index in [1.807, 2.05) is 0 Å². The van der Waals surface area contributed by atoms with Crippen LogP contribution in [0.5, 0.6) is 0 Å². The van der Waals surface area contributed by atoms with Crippen molar-refractivity contribution in [2.24, 2.45) is 0 Å². The molecule has 3 aliphatic rings. The Morgan fingerprint density at radius 1 is 0.944 bits per heavy atom. The average Bonchev–Trinajstić information content (AvgIpc) is 3.28. The lowest BCUT2D eigenvalue weighted by molar-refractivity contribution is -0.142. The summed E-state index contributed by atoms with van der Waals surface area (Å²) in [6.07, 6.45) is 25.3. The summed E-state index contributed by atoms with van der Waals surface area (Å²) >= 11 is 1.09. The number of amides is 1. The minimum absolute atomic E-state index is 0.0364. The standard InChI is InChI=1S/C29H39F3N2OS/c1-2-3-4-5-6-7-8-9-10-11-12-13-14-15-16-17-18-19-25(35)34-28-21-27(22-28,23-28)26-33-24(20-36-26)29(30,31)32/h6-7,9-10,12-13,15-16,20H,2-5,8,11,14,17-19,21-23H2,1H3,(H,34,35). The number of halogens is 3. The second-order valence-corrected chi connectivity index (χ2v) is 11.0. The summed E-state index contributed by atoms with van der Waals surface area (Å²) in [5.41, 5.74) is -1.28. The summed E-state index contributed by atoms with van der Waals surface area (Å²) in [5.74, 6) is 0.0364. The molecular weight excluding hydrogens is 481 g/mol. The van der Waals surface area contributed by atoms with Gasteiger partial charge in [0.1, 0.15) is 0 Å². The quantitative estimate of drug-likeness (QED) is 0.175. The van der Waals surface area contributed by atoms with Gasteiger partial charge in [-0.1, -0.05) is 68.4 Å². The van der Waals surface area contributed by atoms with Crippen LogP contribution in [0.2, 0.25) is 0 Å². The summed E-state index contributed by atoms with van der Waals surface area (Å²) in [7, 11) is 0. The molecule has 4 rings (SSSR count). The minimum atomic E-state index is -4.39. The third kappa shape index (κ3) is 8.19. The lowest BCUT2D eigenvalue weighted by atomic mass is 9.39. The zero-order valence-corrected chi connectivity index (χ0v) is 22.1. The second-order valence-electron chi connectivity index (χ2n) is 10.2. The third-order valence-corrected chi connectivity index (χ3v) is 8.00. The highest BCUT2D eigenvalue weighted by Crippen LogP contribution is 2.68. The predicted octanol–water partition coefficient (Wildman–Crippen LogP) is 8.60. The number of rotatable bonds is 16. The molecule has 0 atom stereocenters. The number of unbranched alkanes of at least 4 members (excludes halogenated alkanes) is 4. The number of allylic oxidation sites excluding steroid dienone is 8. The molecule has 0 aromatic carbocycles. The van der Waals surface area contributed by atoms with Gasteiger partial charge in [0.05, 0.1) is 5.01 Å². The van der Waals surface area contributed by atoms with Crippen LogP contribution in [0.1, 0.15) is 101 Å². The number of thiazole rings is 1. The zero-order valence-electron chi connectivity index (χ0n) is 21.3. The Balaban J connectivity index is 1.19. The van der Waals surface area contributed by atoms with Gasteiger partial charge >= 0.3 is 6.18 Å². The number of alkyl halides is 3. The molecule has 7 heteroatoms. The van der Waals surface area contributed by atoms with Crippen LogP contribution in [0.4, 0.5) is 13.2 Å². The van der Waals surface area contributed by atoms with E-state index in [9.17, 15) is 18.0 Å². The van der Waals surface area contributed by atoms with Crippen LogP contribution in [0.15, 0.2) is 54.0 Å². The molecule has 0 saturated heterocycles. The lowest BCUT2D eigenvalue weighted by Crippen LogP contribution is -2.76. The molecule has 0 aliphatic heterocycles. The van der Waals surface area contributed by atoms with Crippen molar-refractivity contribution in [1.29, 1.82) is 0 Å². The Kier molecular flexibility index (Phi) is 10.6. The normalized spacial score (nSPS) is 23.7. The van der Waals surface area contributed by atoms with Gasteiger partial charge in [-0.25, -0.2) is 4.98 Å². The number of hydrogen-bond acceptors (Lipinski definition) is 3. The number of hydrogen-bond donors (Lipinski definition) is 1. The first kappa shape index (κ1) is 28.4. The van der Waals surface area contributed by atoms with Gasteiger partial charge in [-0.15, -0.1) is 11.3 Å². The van der Waals surface area contributed by atoms with Gasteiger partial charge in [-0.3, -0.25) is 4.79 Å². The fraction of sp³-hybridized carbons (Fsp3) is 0.586. The molecule has 0 radical (unpaired) electrons. The van der Waals surface area contributed by atoms with Crippen molar-refractivity contribution in [3.8, 4) is 0 Å². The molecule has 3 nitrogen and oxygen atoms in total. The van der Waals surface area contributed by atoms with Crippen LogP contribution in [-0.2, 0) is 16.4 Å². The monoisotopic (exact) mass is 520 g/mol. The highest BCUT2D eigenvalue weighted by molar-refractivity contribution is 7.09. The molecular formula is C29H39F3N2OS. The van der Waals surface area contributed by atoms with Gasteiger partial charge in [-0.2, -0.15) is 13.2 Å². The van der Waals surface area contributed by atoms with Crippen molar-refractivity contribution in [3.63, 3.8) is 0 Å². The zero-order chi connectivity index (χ0) is 25.9. The Bertz CT molecular complexity index is 938. The Morgan fingerprint density at radius 3 is 2.03 bits per heavy atom. The molecule has 3 fully saturated rings. The number of carbonyl (C=O) groups excluding carboxylic acids is 1. The van der Waals surface area contributed by atoms with Crippen LogP contribution < -0.4 is 5.32 Å². The van der Waals surface area contributed by atoms with Crippen LogP contribution in [-0.4, -0.2) is 16.4 Å². The van der Waals surface area contributed by atoms with E-state index in [1.165, 1.54) is 25.7 Å². The Labute approximate surface area is 217 Å². The van der Waals surface area contributed by atoms with Gasteiger partial charge in [0, 0.05) is 22.8 Å². The molecule has 1 aromatic rings. The summed E-state index contributed by atoms with van der Waals surface area (Å²) in [4.78, 5) is 16.1. The van der Waals surface area contributed by atoms with Crippen molar-refractivity contribution in [3.05, 3.63) is 64.7 Å². The second kappa shape index (κ2) is 13.4. The van der Waals surface area contributed by atoms with Crippen molar-refractivity contribution in [1.82, 2.24) is 10.3 Å². The summed E-state index contributed by atoms with van der Waals surface area (Å²) in [6.45, 7) is 2.22. The maximum absolute atomic E-state index is 12.8. The van der Waals surface area contributed by atoms with Crippen LogP contribution in [0.25, 0.3) is 0 Å². The van der Waals surface area contributed by atoms with Crippen molar-refractivity contribution in [2.45, 2.75) is 108 Å². The van der Waals surface area contributed by atoms with Gasteiger partial charge in [0.15, 0.2) is 5.69 Å². The van der Waals surface area contributed by atoms with E-state index in [-0.39, 0.29) is 16.9 Å². The fourth-order valence-corrected chi connectivity index (χ4v) is 6.12. The predicted molar refractivity (Wildman–Crippen MR) is 142 cm³/mol. The van der Waals surface area contributed by atoms with E-state index in [0.717, 1.165) is 48.8 Å². The number of carbonyl (C=O) groups is 1. The maximum Gasteiger partial charge on any atom is 0.434 e. The van der Waals surface area contributed by atoms with E-state index in [1.54, 1.807) is 0 Å². The van der Waals surface area contributed by atoms with E-state index in [2.05, 4.69) is 65.8 Å². The molecule has 1 amide bonds. The van der Waals surface area contributed by atoms with Crippen molar-refractivity contribution >= 4 is 17.2 Å². The molecule has 1 heterocycles. The van der Waals surface area contributed by atoms with E-state index >= 15 is 0 Å². The smallest absolute Gasteiger partial charge is 0.351 e. The van der Waals surface area contributed by atoms with Crippen LogP contribution in [0.3, 0.4) is 0 Å². The average molecular weight is 521 g/mol. The molecule has 1 N–H and O–H groups in total. The molecule has 1 aromatic heterocycles. The van der Waals surface area contributed by atoms with E-state index in [4.69, 9.17) is 0 Å². The Hall–Kier alpha value is -2.15. The van der Waals surface area contributed by atoms with Crippen LogP contribution >= 0.6 is 11.3 Å². The lowest BCUT2D eigenvalue weighted by Gasteiger charge is -2.69. The first-order valence-corrected chi connectivity index (χ1v) is 14.1. The fourth-order valence-electron chi connectivity index (χ4n) is 5.09. The molecule has 3 aliphatic carbocycles. The van der Waals surface area contributed by atoms with Gasteiger partial charge in [0.25, 0.3) is 0 Å². The molecule has 3 saturated carbocycles. The Morgan fingerprint density at radius 2 is 1.50 bits per heavy atom. The van der Waals surface area contributed by atoms with E-state index < -0.39 is 11.9 Å². The molecule has 2 bridgehead atoms. The first-order chi connectivity index (χ1) is 17.3. The van der Waals surface area contributed by atoms with Crippen molar-refractivity contribution in [2.75, 3.05) is 0 Å².